The van der Waals surface area contributed by atoms with Gasteiger partial charge < -0.3 is 20.1 Å². The summed E-state index contributed by atoms with van der Waals surface area (Å²) in [5.41, 5.74) is 3.00. The zero-order valence-corrected chi connectivity index (χ0v) is 24.8. The van der Waals surface area contributed by atoms with E-state index in [9.17, 15) is 13.2 Å². The first kappa shape index (κ1) is 30.1. The first-order valence-corrected chi connectivity index (χ1v) is 15.0. The second-order valence-electron chi connectivity index (χ2n) is 9.23. The average molecular weight is 597 g/mol. The molecule has 41 heavy (non-hydrogen) atoms. The minimum atomic E-state index is -3.91. The summed E-state index contributed by atoms with van der Waals surface area (Å²) in [6, 6.07) is 20.5. The van der Waals surface area contributed by atoms with E-state index in [0.29, 0.717) is 35.4 Å². The van der Waals surface area contributed by atoms with E-state index < -0.39 is 10.0 Å². The Balaban J connectivity index is 1.49. The number of anilines is 2. The SMILES string of the molecule is CCOc1ccc(NC(=O)CCN(CCNc2cc(C)nc3ccc(Cl)cc23)S(=O)(=O)c2ccc(OC)cc2)cc1. The zero-order chi connectivity index (χ0) is 29.4. The molecule has 0 spiro atoms. The normalized spacial score (nSPS) is 11.4. The molecule has 0 unspecified atom stereocenters. The maximum absolute atomic E-state index is 13.6. The molecule has 0 radical (unpaired) electrons. The Morgan fingerprint density at radius 3 is 2.37 bits per heavy atom. The van der Waals surface area contributed by atoms with Crippen molar-refractivity contribution in [1.82, 2.24) is 9.29 Å². The van der Waals surface area contributed by atoms with Crippen molar-refractivity contribution in [2.45, 2.75) is 25.2 Å². The smallest absolute Gasteiger partial charge is 0.243 e. The van der Waals surface area contributed by atoms with Crippen LogP contribution < -0.4 is 20.1 Å². The van der Waals surface area contributed by atoms with Gasteiger partial charge in [-0.25, -0.2) is 8.42 Å². The van der Waals surface area contributed by atoms with Crippen molar-refractivity contribution in [3.05, 3.63) is 83.5 Å². The van der Waals surface area contributed by atoms with Gasteiger partial charge in [0.25, 0.3) is 0 Å². The van der Waals surface area contributed by atoms with Crippen molar-refractivity contribution >= 4 is 49.8 Å². The van der Waals surface area contributed by atoms with Crippen LogP contribution in [0.3, 0.4) is 0 Å². The van der Waals surface area contributed by atoms with Gasteiger partial charge in [0.15, 0.2) is 0 Å². The summed E-state index contributed by atoms with van der Waals surface area (Å²) >= 11 is 6.22. The Morgan fingerprint density at radius 2 is 1.68 bits per heavy atom. The van der Waals surface area contributed by atoms with Crippen LogP contribution in [-0.2, 0) is 14.8 Å². The Labute approximate surface area is 245 Å². The highest BCUT2D eigenvalue weighted by Crippen LogP contribution is 2.26. The highest BCUT2D eigenvalue weighted by molar-refractivity contribution is 7.89. The Bertz CT molecular complexity index is 1600. The molecule has 0 atom stereocenters. The number of nitrogens with one attached hydrogen (secondary N) is 2. The van der Waals surface area contributed by atoms with Crippen LogP contribution >= 0.6 is 11.6 Å². The summed E-state index contributed by atoms with van der Waals surface area (Å²) in [6.07, 6.45) is -0.0322. The van der Waals surface area contributed by atoms with Crippen LogP contribution in [0.1, 0.15) is 19.0 Å². The summed E-state index contributed by atoms with van der Waals surface area (Å²) in [7, 11) is -2.39. The van der Waals surface area contributed by atoms with E-state index in [0.717, 1.165) is 22.3 Å². The lowest BCUT2D eigenvalue weighted by Crippen LogP contribution is -2.37. The number of benzene rings is 3. The fourth-order valence-corrected chi connectivity index (χ4v) is 5.91. The van der Waals surface area contributed by atoms with E-state index in [-0.39, 0.29) is 30.3 Å². The van der Waals surface area contributed by atoms with Crippen molar-refractivity contribution < 1.29 is 22.7 Å². The number of sulfonamides is 1. The number of carbonyl (C=O) groups excluding carboxylic acids is 1. The molecule has 9 nitrogen and oxygen atoms in total. The van der Waals surface area contributed by atoms with Crippen molar-refractivity contribution in [1.29, 1.82) is 0 Å². The van der Waals surface area contributed by atoms with Gasteiger partial charge in [-0.1, -0.05) is 11.6 Å². The first-order valence-electron chi connectivity index (χ1n) is 13.2. The van der Waals surface area contributed by atoms with Crippen molar-refractivity contribution in [2.75, 3.05) is 44.0 Å². The number of fused-ring (bicyclic) bond motifs is 1. The number of methoxy groups -OCH3 is 1. The van der Waals surface area contributed by atoms with Crippen LogP contribution in [-0.4, -0.2) is 57.0 Å². The van der Waals surface area contributed by atoms with Crippen LogP contribution in [0.25, 0.3) is 10.9 Å². The van der Waals surface area contributed by atoms with Crippen LogP contribution in [0.2, 0.25) is 5.02 Å². The van der Waals surface area contributed by atoms with E-state index in [1.165, 1.54) is 23.5 Å². The molecule has 0 aliphatic heterocycles. The Kier molecular flexibility index (Phi) is 10.0. The number of hydrogen-bond acceptors (Lipinski definition) is 7. The fourth-order valence-electron chi connectivity index (χ4n) is 4.29. The van der Waals surface area contributed by atoms with Crippen molar-refractivity contribution in [2.24, 2.45) is 0 Å². The summed E-state index contributed by atoms with van der Waals surface area (Å²) in [5.74, 6) is 0.946. The van der Waals surface area contributed by atoms with Crippen molar-refractivity contribution in [3.63, 3.8) is 0 Å². The number of aromatic nitrogens is 1. The number of rotatable bonds is 13. The molecule has 11 heteroatoms. The zero-order valence-electron chi connectivity index (χ0n) is 23.2. The molecule has 2 N–H and O–H groups in total. The summed E-state index contributed by atoms with van der Waals surface area (Å²) in [5, 5.41) is 7.57. The van der Waals surface area contributed by atoms with Gasteiger partial charge in [-0.2, -0.15) is 4.31 Å². The van der Waals surface area contributed by atoms with Gasteiger partial charge in [0.1, 0.15) is 11.5 Å². The molecule has 0 saturated carbocycles. The van der Waals surface area contributed by atoms with Gasteiger partial charge in [-0.15, -0.1) is 0 Å². The van der Waals surface area contributed by atoms with Crippen LogP contribution in [0.15, 0.2) is 77.7 Å². The minimum absolute atomic E-state index is 0.0130. The molecule has 0 aliphatic carbocycles. The molecule has 4 aromatic rings. The van der Waals surface area contributed by atoms with Gasteiger partial charge in [0.05, 0.1) is 24.1 Å². The summed E-state index contributed by atoms with van der Waals surface area (Å²) < 4.78 is 39.2. The molecule has 1 amide bonds. The molecule has 1 aromatic heterocycles. The number of hydrogen-bond donors (Lipinski definition) is 2. The van der Waals surface area contributed by atoms with Gasteiger partial charge in [-0.05, 0) is 86.6 Å². The number of ether oxygens (including phenoxy) is 2. The summed E-state index contributed by atoms with van der Waals surface area (Å²) in [6.45, 7) is 4.73. The lowest BCUT2D eigenvalue weighted by Gasteiger charge is -2.23. The molecule has 1 heterocycles. The number of nitrogens with zero attached hydrogens (tertiary/aromatic N) is 2. The number of halogens is 1. The third-order valence-corrected chi connectivity index (χ3v) is 8.46. The monoisotopic (exact) mass is 596 g/mol. The van der Waals surface area contributed by atoms with Gasteiger partial charge >= 0.3 is 0 Å². The molecule has 0 bridgehead atoms. The molecule has 4 rings (SSSR count). The van der Waals surface area contributed by atoms with E-state index in [1.807, 2.05) is 32.0 Å². The standard InChI is InChI=1S/C30H33ClN4O5S/c1-4-40-25-8-6-23(7-9-25)34-30(36)15-17-35(41(37,38)26-12-10-24(39-3)11-13-26)18-16-32-29-19-21(2)33-28-14-5-22(31)20-27(28)29/h5-14,19-20H,4,15-18H2,1-3H3,(H,32,33)(H,34,36). The maximum atomic E-state index is 13.6. The molecular formula is C30H33ClN4O5S. The molecule has 0 aliphatic rings. The van der Waals surface area contributed by atoms with E-state index in [1.54, 1.807) is 42.5 Å². The van der Waals surface area contributed by atoms with E-state index in [4.69, 9.17) is 21.1 Å². The lowest BCUT2D eigenvalue weighted by atomic mass is 10.1. The largest absolute Gasteiger partial charge is 0.497 e. The first-order chi connectivity index (χ1) is 19.7. The molecule has 3 aromatic carbocycles. The highest BCUT2D eigenvalue weighted by Gasteiger charge is 2.25. The molecule has 0 saturated heterocycles. The highest BCUT2D eigenvalue weighted by atomic mass is 35.5. The lowest BCUT2D eigenvalue weighted by molar-refractivity contribution is -0.116. The van der Waals surface area contributed by atoms with Crippen LogP contribution in [0, 0.1) is 6.92 Å². The van der Waals surface area contributed by atoms with Gasteiger partial charge in [0, 0.05) is 53.5 Å². The molecule has 0 fully saturated rings. The average Bonchev–Trinajstić information content (AvgIpc) is 2.96. The predicted molar refractivity (Wildman–Crippen MR) is 163 cm³/mol. The number of aryl methyl sites for hydroxylation is 1. The maximum Gasteiger partial charge on any atom is 0.243 e. The van der Waals surface area contributed by atoms with E-state index >= 15 is 0 Å². The Morgan fingerprint density at radius 1 is 0.976 bits per heavy atom. The second-order valence-corrected chi connectivity index (χ2v) is 11.6. The van der Waals surface area contributed by atoms with Crippen LogP contribution in [0.5, 0.6) is 11.5 Å². The quantitative estimate of drug-likeness (QED) is 0.203. The van der Waals surface area contributed by atoms with Gasteiger partial charge in [0.2, 0.25) is 15.9 Å². The molecular weight excluding hydrogens is 564 g/mol. The fraction of sp³-hybridized carbons (Fsp3) is 0.267. The van der Waals surface area contributed by atoms with Crippen molar-refractivity contribution in [3.8, 4) is 11.5 Å². The number of carbonyl (C=O) groups is 1. The van der Waals surface area contributed by atoms with Gasteiger partial charge in [-0.3, -0.25) is 9.78 Å². The number of amides is 1. The second kappa shape index (κ2) is 13.7. The minimum Gasteiger partial charge on any atom is -0.497 e. The Hall–Kier alpha value is -3.86. The number of pyridine rings is 1. The molecule has 216 valence electrons. The third-order valence-electron chi connectivity index (χ3n) is 6.31. The van der Waals surface area contributed by atoms with Crippen LogP contribution in [0.4, 0.5) is 11.4 Å². The summed E-state index contributed by atoms with van der Waals surface area (Å²) in [4.78, 5) is 17.4. The predicted octanol–water partition coefficient (Wildman–Crippen LogP) is 5.74. The van der Waals surface area contributed by atoms with E-state index in [2.05, 4.69) is 15.6 Å². The third kappa shape index (κ3) is 7.87. The topological polar surface area (TPSA) is 110 Å².